The van der Waals surface area contributed by atoms with E-state index in [2.05, 4.69) is 20.7 Å². The third-order valence-corrected chi connectivity index (χ3v) is 3.51. The highest BCUT2D eigenvalue weighted by Gasteiger charge is 2.10. The number of carbonyl (C=O) groups is 1. The normalized spacial score (nSPS) is 10.7. The molecule has 0 unspecified atom stereocenters. The maximum absolute atomic E-state index is 13.6. The van der Waals surface area contributed by atoms with Crippen molar-refractivity contribution in [3.8, 4) is 11.4 Å². The molecule has 1 heterocycles. The van der Waals surface area contributed by atoms with Crippen molar-refractivity contribution in [1.29, 1.82) is 0 Å². The Labute approximate surface area is 146 Å². The number of halogens is 3. The minimum absolute atomic E-state index is 0.0149. The molecule has 25 heavy (non-hydrogen) atoms. The molecule has 0 saturated heterocycles. The predicted molar refractivity (Wildman–Crippen MR) is 87.9 cm³/mol. The molecular weight excluding hydrogens is 352 g/mol. The van der Waals surface area contributed by atoms with Crippen molar-refractivity contribution in [2.75, 3.05) is 5.32 Å². The Bertz CT molecular complexity index is 915. The van der Waals surface area contributed by atoms with Crippen LogP contribution in [0.3, 0.4) is 0 Å². The molecule has 0 aliphatic rings. The molecular formula is C16H12ClF2N5O. The van der Waals surface area contributed by atoms with Crippen molar-refractivity contribution in [3.05, 3.63) is 59.1 Å². The van der Waals surface area contributed by atoms with E-state index < -0.39 is 17.5 Å². The summed E-state index contributed by atoms with van der Waals surface area (Å²) in [5.41, 5.74) is 0.528. The molecule has 0 fully saturated rings. The summed E-state index contributed by atoms with van der Waals surface area (Å²) >= 11 is 5.65. The Balaban J connectivity index is 1.59. The van der Waals surface area contributed by atoms with Crippen LogP contribution in [-0.2, 0) is 11.3 Å². The van der Waals surface area contributed by atoms with E-state index >= 15 is 0 Å². The predicted octanol–water partition coefficient (Wildman–Crippen LogP) is 3.30. The average molecular weight is 364 g/mol. The summed E-state index contributed by atoms with van der Waals surface area (Å²) in [6, 6.07) is 9.77. The fraction of sp³-hybridized carbons (Fsp3) is 0.125. The standard InChI is InChI=1S/C16H12ClF2N5O/c17-11-4-5-14(13(19)9-11)20-15(25)6-7-24-22-16(21-23-24)10-2-1-3-12(18)8-10/h1-5,8-9H,6-7H2,(H,20,25). The van der Waals surface area contributed by atoms with Gasteiger partial charge in [0.1, 0.15) is 11.6 Å². The van der Waals surface area contributed by atoms with E-state index in [1.807, 2.05) is 0 Å². The minimum Gasteiger partial charge on any atom is -0.324 e. The molecule has 0 aliphatic carbocycles. The molecule has 0 atom stereocenters. The first-order chi connectivity index (χ1) is 12.0. The van der Waals surface area contributed by atoms with Crippen LogP contribution in [0.2, 0.25) is 5.02 Å². The largest absolute Gasteiger partial charge is 0.324 e. The van der Waals surface area contributed by atoms with Gasteiger partial charge in [-0.3, -0.25) is 4.79 Å². The van der Waals surface area contributed by atoms with Crippen LogP contribution in [0.1, 0.15) is 6.42 Å². The van der Waals surface area contributed by atoms with Crippen LogP contribution in [0.5, 0.6) is 0 Å². The fourth-order valence-electron chi connectivity index (χ4n) is 2.09. The van der Waals surface area contributed by atoms with Crippen molar-refractivity contribution < 1.29 is 13.6 Å². The average Bonchev–Trinajstić information content (AvgIpc) is 3.05. The lowest BCUT2D eigenvalue weighted by Crippen LogP contribution is -2.16. The molecule has 3 rings (SSSR count). The molecule has 0 aliphatic heterocycles. The first-order valence-corrected chi connectivity index (χ1v) is 7.68. The van der Waals surface area contributed by atoms with Gasteiger partial charge in [0.2, 0.25) is 11.7 Å². The highest BCUT2D eigenvalue weighted by molar-refractivity contribution is 6.30. The molecule has 0 radical (unpaired) electrons. The Hall–Kier alpha value is -2.87. The molecule has 1 aromatic heterocycles. The third kappa shape index (κ3) is 4.36. The number of nitrogens with one attached hydrogen (secondary N) is 1. The van der Waals surface area contributed by atoms with E-state index in [-0.39, 0.29) is 29.5 Å². The van der Waals surface area contributed by atoms with E-state index in [9.17, 15) is 13.6 Å². The molecule has 9 heteroatoms. The quantitative estimate of drug-likeness (QED) is 0.755. The van der Waals surface area contributed by atoms with E-state index in [4.69, 9.17) is 11.6 Å². The number of benzene rings is 2. The molecule has 0 spiro atoms. The van der Waals surface area contributed by atoms with E-state index in [0.29, 0.717) is 5.56 Å². The zero-order valence-corrected chi connectivity index (χ0v) is 13.5. The Morgan fingerprint density at radius 2 is 2.04 bits per heavy atom. The monoisotopic (exact) mass is 363 g/mol. The molecule has 1 amide bonds. The lowest BCUT2D eigenvalue weighted by Gasteiger charge is -2.06. The van der Waals surface area contributed by atoms with Crippen LogP contribution in [0.25, 0.3) is 11.4 Å². The maximum atomic E-state index is 13.6. The smallest absolute Gasteiger partial charge is 0.226 e. The first-order valence-electron chi connectivity index (χ1n) is 7.30. The van der Waals surface area contributed by atoms with Gasteiger partial charge < -0.3 is 5.32 Å². The van der Waals surface area contributed by atoms with Crippen LogP contribution in [0.15, 0.2) is 42.5 Å². The summed E-state index contributed by atoms with van der Waals surface area (Å²) in [7, 11) is 0. The van der Waals surface area contributed by atoms with Gasteiger partial charge in [-0.25, -0.2) is 8.78 Å². The summed E-state index contributed by atoms with van der Waals surface area (Å²) in [5.74, 6) is -1.18. The number of amides is 1. The second-order valence-electron chi connectivity index (χ2n) is 5.14. The topological polar surface area (TPSA) is 72.7 Å². The molecule has 0 saturated carbocycles. The number of hydrogen-bond donors (Lipinski definition) is 1. The van der Waals surface area contributed by atoms with E-state index in [1.54, 1.807) is 12.1 Å². The van der Waals surface area contributed by atoms with Crippen molar-refractivity contribution in [1.82, 2.24) is 20.2 Å². The molecule has 6 nitrogen and oxygen atoms in total. The zero-order valence-electron chi connectivity index (χ0n) is 12.8. The number of tetrazole rings is 1. The Kier molecular flexibility index (Phi) is 4.99. The van der Waals surface area contributed by atoms with Crippen LogP contribution < -0.4 is 5.32 Å². The third-order valence-electron chi connectivity index (χ3n) is 3.28. The summed E-state index contributed by atoms with van der Waals surface area (Å²) in [4.78, 5) is 13.1. The number of aryl methyl sites for hydroxylation is 1. The SMILES string of the molecule is O=C(CCn1nnc(-c2cccc(F)c2)n1)Nc1ccc(Cl)cc1F. The lowest BCUT2D eigenvalue weighted by molar-refractivity contribution is -0.116. The second-order valence-corrected chi connectivity index (χ2v) is 5.58. The molecule has 0 bridgehead atoms. The number of carbonyl (C=O) groups excluding carboxylic acids is 1. The number of rotatable bonds is 5. The van der Waals surface area contributed by atoms with Crippen molar-refractivity contribution in [3.63, 3.8) is 0 Å². The van der Waals surface area contributed by atoms with Crippen LogP contribution >= 0.6 is 11.6 Å². The van der Waals surface area contributed by atoms with E-state index in [0.717, 1.165) is 6.07 Å². The summed E-state index contributed by atoms with van der Waals surface area (Å²) in [6.07, 6.45) is 0.0149. The number of anilines is 1. The maximum Gasteiger partial charge on any atom is 0.226 e. The molecule has 3 aromatic rings. The summed E-state index contributed by atoms with van der Waals surface area (Å²) < 4.78 is 26.8. The van der Waals surface area contributed by atoms with Gasteiger partial charge in [-0.1, -0.05) is 23.7 Å². The molecule has 1 N–H and O–H groups in total. The highest BCUT2D eigenvalue weighted by Crippen LogP contribution is 2.19. The van der Waals surface area contributed by atoms with Gasteiger partial charge in [-0.15, -0.1) is 10.2 Å². The zero-order chi connectivity index (χ0) is 17.8. The first kappa shape index (κ1) is 17.0. The molecule has 2 aromatic carbocycles. The van der Waals surface area contributed by atoms with Gasteiger partial charge in [0.05, 0.1) is 12.2 Å². The van der Waals surface area contributed by atoms with Crippen LogP contribution in [-0.4, -0.2) is 26.1 Å². The summed E-state index contributed by atoms with van der Waals surface area (Å²) in [5, 5.41) is 14.4. The summed E-state index contributed by atoms with van der Waals surface area (Å²) in [6.45, 7) is 0.142. The van der Waals surface area contributed by atoms with Gasteiger partial charge >= 0.3 is 0 Å². The van der Waals surface area contributed by atoms with Crippen LogP contribution in [0.4, 0.5) is 14.5 Å². The van der Waals surface area contributed by atoms with Gasteiger partial charge in [-0.05, 0) is 35.5 Å². The highest BCUT2D eigenvalue weighted by atomic mass is 35.5. The lowest BCUT2D eigenvalue weighted by atomic mass is 10.2. The number of aromatic nitrogens is 4. The van der Waals surface area contributed by atoms with Crippen molar-refractivity contribution in [2.45, 2.75) is 13.0 Å². The van der Waals surface area contributed by atoms with Crippen LogP contribution in [0, 0.1) is 11.6 Å². The van der Waals surface area contributed by atoms with Gasteiger partial charge in [0, 0.05) is 17.0 Å². The fourth-order valence-corrected chi connectivity index (χ4v) is 2.24. The van der Waals surface area contributed by atoms with Gasteiger partial charge in [-0.2, -0.15) is 4.80 Å². The van der Waals surface area contributed by atoms with Gasteiger partial charge in [0.15, 0.2) is 0 Å². The van der Waals surface area contributed by atoms with Crippen molar-refractivity contribution in [2.24, 2.45) is 0 Å². The Morgan fingerprint density at radius 3 is 2.80 bits per heavy atom. The van der Waals surface area contributed by atoms with E-state index in [1.165, 1.54) is 29.1 Å². The van der Waals surface area contributed by atoms with Crippen molar-refractivity contribution >= 4 is 23.2 Å². The minimum atomic E-state index is -0.617. The van der Waals surface area contributed by atoms with Gasteiger partial charge in [0.25, 0.3) is 0 Å². The molecule has 128 valence electrons. The number of nitrogens with zero attached hydrogens (tertiary/aromatic N) is 4. The Morgan fingerprint density at radius 1 is 1.20 bits per heavy atom. The second kappa shape index (κ2) is 7.35. The number of hydrogen-bond acceptors (Lipinski definition) is 4.